The summed E-state index contributed by atoms with van der Waals surface area (Å²) in [5, 5.41) is 12.8. The number of carbonyl (C=O) groups is 1. The van der Waals surface area contributed by atoms with Gasteiger partial charge in [-0.3, -0.25) is 0 Å². The van der Waals surface area contributed by atoms with Gasteiger partial charge in [-0.25, -0.2) is 4.79 Å². The van der Waals surface area contributed by atoms with E-state index in [0.29, 0.717) is 22.4 Å². The standard InChI is InChI=1S/C12H9Cl2NO3/c13-8-2-9(14)4-10(3-8)15-5-11-1-7(6-18-11)12(16)17/h1-4,6,15H,5H2,(H,16,17). The molecule has 2 aromatic rings. The molecule has 0 bridgehead atoms. The second kappa shape index (κ2) is 5.33. The molecule has 0 aliphatic carbocycles. The molecule has 0 fully saturated rings. The highest BCUT2D eigenvalue weighted by Crippen LogP contribution is 2.23. The summed E-state index contributed by atoms with van der Waals surface area (Å²) in [6, 6.07) is 6.52. The number of carboxylic acid groups (broad SMARTS) is 1. The minimum Gasteiger partial charge on any atom is -0.478 e. The van der Waals surface area contributed by atoms with E-state index in [1.54, 1.807) is 18.2 Å². The van der Waals surface area contributed by atoms with Crippen molar-refractivity contribution >= 4 is 34.9 Å². The zero-order valence-corrected chi connectivity index (χ0v) is 10.6. The topological polar surface area (TPSA) is 62.5 Å². The van der Waals surface area contributed by atoms with Crippen molar-refractivity contribution in [3.8, 4) is 0 Å². The van der Waals surface area contributed by atoms with E-state index in [2.05, 4.69) is 5.32 Å². The number of anilines is 1. The molecule has 1 aromatic carbocycles. The predicted octanol–water partition coefficient (Wildman–Crippen LogP) is 3.90. The molecule has 0 amide bonds. The Balaban J connectivity index is 2.04. The zero-order chi connectivity index (χ0) is 13.1. The maximum absolute atomic E-state index is 10.7. The molecule has 0 saturated carbocycles. The molecule has 0 spiro atoms. The summed E-state index contributed by atoms with van der Waals surface area (Å²) in [5.74, 6) is -0.501. The van der Waals surface area contributed by atoms with E-state index in [1.807, 2.05) is 0 Å². The van der Waals surface area contributed by atoms with Crippen LogP contribution in [0.4, 0.5) is 5.69 Å². The smallest absolute Gasteiger partial charge is 0.338 e. The van der Waals surface area contributed by atoms with Gasteiger partial charge in [0.2, 0.25) is 0 Å². The first-order valence-electron chi connectivity index (χ1n) is 5.05. The molecule has 94 valence electrons. The average Bonchev–Trinajstić information content (AvgIpc) is 2.73. The van der Waals surface area contributed by atoms with Crippen LogP contribution in [0.1, 0.15) is 16.1 Å². The second-order valence-electron chi connectivity index (χ2n) is 3.62. The third-order valence-corrected chi connectivity index (χ3v) is 2.67. The lowest BCUT2D eigenvalue weighted by Gasteiger charge is -2.05. The average molecular weight is 286 g/mol. The van der Waals surface area contributed by atoms with Gasteiger partial charge in [0, 0.05) is 15.7 Å². The Labute approximate surface area is 113 Å². The molecule has 1 aromatic heterocycles. The maximum Gasteiger partial charge on any atom is 0.338 e. The summed E-state index contributed by atoms with van der Waals surface area (Å²) < 4.78 is 5.10. The fourth-order valence-corrected chi connectivity index (χ4v) is 1.96. The third-order valence-electron chi connectivity index (χ3n) is 2.23. The Hall–Kier alpha value is -1.65. The number of aromatic carboxylic acids is 1. The van der Waals surface area contributed by atoms with Gasteiger partial charge in [-0.15, -0.1) is 0 Å². The van der Waals surface area contributed by atoms with Crippen LogP contribution in [0, 0.1) is 0 Å². The van der Waals surface area contributed by atoms with Crippen molar-refractivity contribution in [2.45, 2.75) is 6.54 Å². The first-order valence-corrected chi connectivity index (χ1v) is 5.81. The van der Waals surface area contributed by atoms with Crippen LogP contribution < -0.4 is 5.32 Å². The number of rotatable bonds is 4. The van der Waals surface area contributed by atoms with E-state index in [-0.39, 0.29) is 5.56 Å². The first-order chi connectivity index (χ1) is 8.54. The molecule has 0 atom stereocenters. The number of carboxylic acids is 1. The number of halogens is 2. The monoisotopic (exact) mass is 285 g/mol. The summed E-state index contributed by atoms with van der Waals surface area (Å²) in [5.41, 5.74) is 0.858. The molecule has 0 aliphatic heterocycles. The Kier molecular flexibility index (Phi) is 3.79. The van der Waals surface area contributed by atoms with Gasteiger partial charge < -0.3 is 14.8 Å². The number of nitrogens with one attached hydrogen (secondary N) is 1. The normalized spacial score (nSPS) is 10.3. The van der Waals surface area contributed by atoms with Crippen LogP contribution in [0.2, 0.25) is 10.0 Å². The van der Waals surface area contributed by atoms with E-state index < -0.39 is 5.97 Å². The molecule has 2 rings (SSSR count). The summed E-state index contributed by atoms with van der Waals surface area (Å²) in [7, 11) is 0. The summed E-state index contributed by atoms with van der Waals surface area (Å²) in [4.78, 5) is 10.7. The Morgan fingerprint density at radius 2 is 1.89 bits per heavy atom. The van der Waals surface area contributed by atoms with Crippen LogP contribution in [0.15, 0.2) is 34.9 Å². The summed E-state index contributed by atoms with van der Waals surface area (Å²) in [6.45, 7) is 0.351. The lowest BCUT2D eigenvalue weighted by atomic mass is 10.3. The van der Waals surface area contributed by atoms with Gasteiger partial charge >= 0.3 is 5.97 Å². The fourth-order valence-electron chi connectivity index (χ4n) is 1.43. The Bertz CT molecular complexity index is 560. The lowest BCUT2D eigenvalue weighted by Crippen LogP contribution is -1.98. The SMILES string of the molecule is O=C(O)c1coc(CNc2cc(Cl)cc(Cl)c2)c1. The molecule has 2 N–H and O–H groups in total. The van der Waals surface area contributed by atoms with E-state index in [1.165, 1.54) is 12.3 Å². The Morgan fingerprint density at radius 3 is 2.44 bits per heavy atom. The quantitative estimate of drug-likeness (QED) is 0.894. The highest BCUT2D eigenvalue weighted by molar-refractivity contribution is 6.35. The van der Waals surface area contributed by atoms with Gasteiger partial charge in [-0.05, 0) is 24.3 Å². The summed E-state index contributed by atoms with van der Waals surface area (Å²) in [6.07, 6.45) is 1.20. The van der Waals surface area contributed by atoms with Crippen LogP contribution in [0.25, 0.3) is 0 Å². The molecule has 0 unspecified atom stereocenters. The van der Waals surface area contributed by atoms with Crippen molar-refractivity contribution in [1.82, 2.24) is 0 Å². The van der Waals surface area contributed by atoms with Crippen molar-refractivity contribution < 1.29 is 14.3 Å². The molecule has 18 heavy (non-hydrogen) atoms. The largest absolute Gasteiger partial charge is 0.478 e. The molecule has 6 heteroatoms. The van der Waals surface area contributed by atoms with Gasteiger partial charge in [0.25, 0.3) is 0 Å². The molecular weight excluding hydrogens is 277 g/mol. The number of hydrogen-bond acceptors (Lipinski definition) is 3. The minimum atomic E-state index is -1.02. The lowest BCUT2D eigenvalue weighted by molar-refractivity contribution is 0.0696. The van der Waals surface area contributed by atoms with Crippen LogP contribution in [0.5, 0.6) is 0 Å². The van der Waals surface area contributed by atoms with Crippen molar-refractivity contribution in [3.63, 3.8) is 0 Å². The van der Waals surface area contributed by atoms with Gasteiger partial charge in [-0.2, -0.15) is 0 Å². The molecular formula is C12H9Cl2NO3. The summed E-state index contributed by atoms with van der Waals surface area (Å²) >= 11 is 11.7. The van der Waals surface area contributed by atoms with Crippen molar-refractivity contribution in [3.05, 3.63) is 51.9 Å². The van der Waals surface area contributed by atoms with E-state index in [9.17, 15) is 4.79 Å². The second-order valence-corrected chi connectivity index (χ2v) is 4.49. The van der Waals surface area contributed by atoms with Crippen molar-refractivity contribution in [1.29, 1.82) is 0 Å². The van der Waals surface area contributed by atoms with Crippen molar-refractivity contribution in [2.75, 3.05) is 5.32 Å². The van der Waals surface area contributed by atoms with Crippen LogP contribution in [-0.2, 0) is 6.54 Å². The number of furan rings is 1. The van der Waals surface area contributed by atoms with E-state index in [0.717, 1.165) is 5.69 Å². The van der Waals surface area contributed by atoms with E-state index in [4.69, 9.17) is 32.7 Å². The molecule has 0 radical (unpaired) electrons. The molecule has 1 heterocycles. The highest BCUT2D eigenvalue weighted by Gasteiger charge is 2.08. The van der Waals surface area contributed by atoms with Gasteiger partial charge in [0.05, 0.1) is 12.1 Å². The molecule has 0 aliphatic rings. The van der Waals surface area contributed by atoms with Gasteiger partial charge in [-0.1, -0.05) is 23.2 Å². The zero-order valence-electron chi connectivity index (χ0n) is 9.11. The van der Waals surface area contributed by atoms with Crippen LogP contribution in [0.3, 0.4) is 0 Å². The first kappa shape index (κ1) is 12.8. The highest BCUT2D eigenvalue weighted by atomic mass is 35.5. The molecule has 0 saturated heterocycles. The molecule has 4 nitrogen and oxygen atoms in total. The third kappa shape index (κ3) is 3.18. The number of hydrogen-bond donors (Lipinski definition) is 2. The Morgan fingerprint density at radius 1 is 1.22 bits per heavy atom. The van der Waals surface area contributed by atoms with Crippen LogP contribution >= 0.6 is 23.2 Å². The van der Waals surface area contributed by atoms with Gasteiger partial charge in [0.15, 0.2) is 0 Å². The minimum absolute atomic E-state index is 0.121. The van der Waals surface area contributed by atoms with Crippen LogP contribution in [-0.4, -0.2) is 11.1 Å². The van der Waals surface area contributed by atoms with Gasteiger partial charge in [0.1, 0.15) is 12.0 Å². The maximum atomic E-state index is 10.7. The van der Waals surface area contributed by atoms with E-state index >= 15 is 0 Å². The van der Waals surface area contributed by atoms with Crippen molar-refractivity contribution in [2.24, 2.45) is 0 Å². The predicted molar refractivity (Wildman–Crippen MR) is 69.5 cm³/mol. The number of benzene rings is 1. The fraction of sp³-hybridized carbons (Fsp3) is 0.0833.